The highest BCUT2D eigenvalue weighted by Crippen LogP contribution is 2.31. The van der Waals surface area contributed by atoms with Crippen molar-refractivity contribution in [1.29, 1.82) is 0 Å². The average molecular weight is 464 g/mol. The third-order valence-corrected chi connectivity index (χ3v) is 6.42. The first kappa shape index (κ1) is 23.1. The van der Waals surface area contributed by atoms with E-state index in [1.165, 1.54) is 5.56 Å². The summed E-state index contributed by atoms with van der Waals surface area (Å²) in [7, 11) is 0. The van der Waals surface area contributed by atoms with Gasteiger partial charge in [0.15, 0.2) is 5.82 Å². The molecular weight excluding hydrogens is 434 g/mol. The largest absolute Gasteiger partial charge is 0.353 e. The zero-order chi connectivity index (χ0) is 23.5. The standard InChI is InChI=1S/C26H30ClN5O/c1-17(2)23-19(4)28-24(20-8-6-5-7-9-20)30-25(23)31-12-14-32(15-13-31)26(33)29-21-11-10-18(3)22(27)16-21/h5-11,16-17H,12-15H2,1-4H3,(H,29,33). The number of hydrogen-bond acceptors (Lipinski definition) is 4. The Morgan fingerprint density at radius 2 is 1.70 bits per heavy atom. The van der Waals surface area contributed by atoms with Crippen LogP contribution in [0.2, 0.25) is 5.02 Å². The molecule has 3 aromatic rings. The summed E-state index contributed by atoms with van der Waals surface area (Å²) in [6.07, 6.45) is 0. The molecule has 0 unspecified atom stereocenters. The molecule has 2 aromatic carbocycles. The Kier molecular flexibility index (Phi) is 6.84. The van der Waals surface area contributed by atoms with Crippen molar-refractivity contribution < 1.29 is 4.79 Å². The van der Waals surface area contributed by atoms with E-state index < -0.39 is 0 Å². The van der Waals surface area contributed by atoms with Gasteiger partial charge < -0.3 is 15.1 Å². The first-order valence-corrected chi connectivity index (χ1v) is 11.7. The van der Waals surface area contributed by atoms with Gasteiger partial charge in [-0.15, -0.1) is 0 Å². The van der Waals surface area contributed by atoms with Crippen molar-refractivity contribution in [2.75, 3.05) is 36.4 Å². The molecule has 1 aromatic heterocycles. The van der Waals surface area contributed by atoms with Gasteiger partial charge in [-0.3, -0.25) is 0 Å². The molecule has 172 valence electrons. The fourth-order valence-electron chi connectivity index (χ4n) is 4.19. The van der Waals surface area contributed by atoms with Crippen molar-refractivity contribution in [2.45, 2.75) is 33.6 Å². The summed E-state index contributed by atoms with van der Waals surface area (Å²) < 4.78 is 0. The first-order valence-electron chi connectivity index (χ1n) is 11.3. The highest BCUT2D eigenvalue weighted by atomic mass is 35.5. The van der Waals surface area contributed by atoms with Gasteiger partial charge in [-0.2, -0.15) is 0 Å². The van der Waals surface area contributed by atoms with Crippen molar-refractivity contribution in [1.82, 2.24) is 14.9 Å². The van der Waals surface area contributed by atoms with Crippen LogP contribution < -0.4 is 10.2 Å². The van der Waals surface area contributed by atoms with E-state index in [1.54, 1.807) is 6.07 Å². The van der Waals surface area contributed by atoms with E-state index in [9.17, 15) is 4.79 Å². The Bertz CT molecular complexity index is 1140. The zero-order valence-electron chi connectivity index (χ0n) is 19.6. The molecule has 33 heavy (non-hydrogen) atoms. The number of aromatic nitrogens is 2. The third-order valence-electron chi connectivity index (χ3n) is 6.01. The maximum atomic E-state index is 12.8. The summed E-state index contributed by atoms with van der Waals surface area (Å²) in [5.41, 5.74) is 4.87. The molecular formula is C26H30ClN5O. The van der Waals surface area contributed by atoms with Gasteiger partial charge in [-0.05, 0) is 37.5 Å². The molecule has 7 heteroatoms. The minimum atomic E-state index is -0.109. The second-order valence-electron chi connectivity index (χ2n) is 8.76. The predicted molar refractivity (Wildman–Crippen MR) is 135 cm³/mol. The first-order chi connectivity index (χ1) is 15.8. The molecule has 4 rings (SSSR count). The van der Waals surface area contributed by atoms with Crippen LogP contribution in [0.3, 0.4) is 0 Å². The van der Waals surface area contributed by atoms with Crippen LogP contribution in [0, 0.1) is 13.8 Å². The van der Waals surface area contributed by atoms with Crippen LogP contribution in [0.1, 0.15) is 36.6 Å². The summed E-state index contributed by atoms with van der Waals surface area (Å²) in [5, 5.41) is 3.61. The van der Waals surface area contributed by atoms with Crippen LogP contribution in [0.15, 0.2) is 48.5 Å². The molecule has 1 fully saturated rings. The van der Waals surface area contributed by atoms with Gasteiger partial charge in [0.05, 0.1) is 0 Å². The number of urea groups is 1. The highest BCUT2D eigenvalue weighted by Gasteiger charge is 2.26. The topological polar surface area (TPSA) is 61.4 Å². The van der Waals surface area contributed by atoms with Gasteiger partial charge in [-0.1, -0.05) is 61.8 Å². The van der Waals surface area contributed by atoms with Crippen LogP contribution in [0.25, 0.3) is 11.4 Å². The van der Waals surface area contributed by atoms with Crippen molar-refractivity contribution in [3.8, 4) is 11.4 Å². The number of carbonyl (C=O) groups is 1. The Balaban J connectivity index is 1.51. The van der Waals surface area contributed by atoms with E-state index in [4.69, 9.17) is 21.6 Å². The Hall–Kier alpha value is -3.12. The van der Waals surface area contributed by atoms with Gasteiger partial charge in [0.2, 0.25) is 0 Å². The van der Waals surface area contributed by atoms with Crippen molar-refractivity contribution >= 4 is 29.1 Å². The predicted octanol–water partition coefficient (Wildman–Crippen LogP) is 5.89. The molecule has 0 atom stereocenters. The van der Waals surface area contributed by atoms with Crippen LogP contribution >= 0.6 is 11.6 Å². The maximum Gasteiger partial charge on any atom is 0.321 e. The number of nitrogens with one attached hydrogen (secondary N) is 1. The molecule has 2 amide bonds. The Morgan fingerprint density at radius 1 is 1.00 bits per heavy atom. The number of halogens is 1. The lowest BCUT2D eigenvalue weighted by atomic mass is 10.0. The molecule has 1 saturated heterocycles. The molecule has 6 nitrogen and oxygen atoms in total. The zero-order valence-corrected chi connectivity index (χ0v) is 20.4. The molecule has 0 saturated carbocycles. The van der Waals surface area contributed by atoms with Gasteiger partial charge >= 0.3 is 6.03 Å². The summed E-state index contributed by atoms with van der Waals surface area (Å²) in [6.45, 7) is 11.0. The number of hydrogen-bond donors (Lipinski definition) is 1. The molecule has 2 heterocycles. The number of aryl methyl sites for hydroxylation is 2. The molecule has 1 aliphatic heterocycles. The van der Waals surface area contributed by atoms with Crippen molar-refractivity contribution in [3.05, 3.63) is 70.4 Å². The van der Waals surface area contributed by atoms with E-state index in [2.05, 4.69) is 31.0 Å². The molecule has 0 radical (unpaired) electrons. The SMILES string of the molecule is Cc1ccc(NC(=O)N2CCN(c3nc(-c4ccccc4)nc(C)c3C(C)C)CC2)cc1Cl. The highest BCUT2D eigenvalue weighted by molar-refractivity contribution is 6.31. The third kappa shape index (κ3) is 5.11. The van der Waals surface area contributed by atoms with Gasteiger partial charge in [-0.25, -0.2) is 14.8 Å². The average Bonchev–Trinajstić information content (AvgIpc) is 2.81. The molecule has 1 aliphatic rings. The minimum Gasteiger partial charge on any atom is -0.353 e. The number of piperazine rings is 1. The Labute approximate surface area is 200 Å². The lowest BCUT2D eigenvalue weighted by Gasteiger charge is -2.37. The lowest BCUT2D eigenvalue weighted by Crippen LogP contribution is -2.50. The number of nitrogens with zero attached hydrogens (tertiary/aromatic N) is 4. The smallest absolute Gasteiger partial charge is 0.321 e. The van der Waals surface area contributed by atoms with Gasteiger partial charge in [0, 0.05) is 53.7 Å². The van der Waals surface area contributed by atoms with Crippen molar-refractivity contribution in [3.63, 3.8) is 0 Å². The van der Waals surface area contributed by atoms with E-state index in [1.807, 2.05) is 54.3 Å². The number of benzene rings is 2. The Morgan fingerprint density at radius 3 is 2.33 bits per heavy atom. The quantitative estimate of drug-likeness (QED) is 0.524. The van der Waals surface area contributed by atoms with E-state index in [0.717, 1.165) is 28.5 Å². The number of carbonyl (C=O) groups excluding carboxylic acids is 1. The monoisotopic (exact) mass is 463 g/mol. The summed E-state index contributed by atoms with van der Waals surface area (Å²) >= 11 is 6.20. The summed E-state index contributed by atoms with van der Waals surface area (Å²) in [6, 6.07) is 15.5. The fourth-order valence-corrected chi connectivity index (χ4v) is 4.37. The number of anilines is 2. The van der Waals surface area contributed by atoms with E-state index >= 15 is 0 Å². The van der Waals surface area contributed by atoms with E-state index in [0.29, 0.717) is 42.8 Å². The van der Waals surface area contributed by atoms with Crippen molar-refractivity contribution in [2.24, 2.45) is 0 Å². The minimum absolute atomic E-state index is 0.109. The summed E-state index contributed by atoms with van der Waals surface area (Å²) in [5.74, 6) is 2.02. The fraction of sp³-hybridized carbons (Fsp3) is 0.346. The second kappa shape index (κ2) is 9.79. The van der Waals surface area contributed by atoms with E-state index in [-0.39, 0.29) is 6.03 Å². The molecule has 0 spiro atoms. The number of amides is 2. The van der Waals surface area contributed by atoms with Crippen LogP contribution in [0.5, 0.6) is 0 Å². The van der Waals surface area contributed by atoms with Crippen LogP contribution in [-0.2, 0) is 0 Å². The van der Waals surface area contributed by atoms with Gasteiger partial charge in [0.1, 0.15) is 5.82 Å². The number of rotatable bonds is 4. The van der Waals surface area contributed by atoms with Crippen LogP contribution in [-0.4, -0.2) is 47.1 Å². The normalized spacial score (nSPS) is 14.0. The maximum absolute atomic E-state index is 12.8. The lowest BCUT2D eigenvalue weighted by molar-refractivity contribution is 0.208. The van der Waals surface area contributed by atoms with Crippen LogP contribution in [0.4, 0.5) is 16.3 Å². The molecule has 1 N–H and O–H groups in total. The summed E-state index contributed by atoms with van der Waals surface area (Å²) in [4.78, 5) is 26.7. The molecule has 0 bridgehead atoms. The van der Waals surface area contributed by atoms with Gasteiger partial charge in [0.25, 0.3) is 0 Å². The second-order valence-corrected chi connectivity index (χ2v) is 9.17. The molecule has 0 aliphatic carbocycles.